The summed E-state index contributed by atoms with van der Waals surface area (Å²) in [7, 11) is 0. The average molecular weight is 339 g/mol. The Morgan fingerprint density at radius 2 is 2.19 bits per heavy atom. The molecular formula is C15H12Cl2N2OS. The Hall–Kier alpha value is -1.51. The summed E-state index contributed by atoms with van der Waals surface area (Å²) >= 11 is 13.4. The van der Waals surface area contributed by atoms with E-state index in [2.05, 4.69) is 17.2 Å². The minimum Gasteiger partial charge on any atom is -0.320 e. The lowest BCUT2D eigenvalue weighted by molar-refractivity contribution is 0.103. The lowest BCUT2D eigenvalue weighted by Gasteiger charge is -2.07. The summed E-state index contributed by atoms with van der Waals surface area (Å²) in [6.45, 7) is 2.09. The van der Waals surface area contributed by atoms with Gasteiger partial charge in [0.05, 0.1) is 17.3 Å². The first kappa shape index (κ1) is 15.9. The number of rotatable bonds is 2. The minimum absolute atomic E-state index is 0.232. The fourth-order valence-corrected chi connectivity index (χ4v) is 2.98. The number of nitrogens with one attached hydrogen (secondary N) is 1. The Morgan fingerprint density at radius 1 is 1.43 bits per heavy atom. The number of hydrogen-bond donors (Lipinski definition) is 2. The number of thiophene rings is 1. The standard InChI is InChI=1S/C15H12Cl2N2OS/c1-9-8-21-14(13(9)17)15(20)19-12-5-4-11(16)7-10(12)3-2-6-18/h4-5,7-8H,6,18H2,1H3,(H,19,20). The lowest BCUT2D eigenvalue weighted by Crippen LogP contribution is -2.12. The summed E-state index contributed by atoms with van der Waals surface area (Å²) in [4.78, 5) is 12.7. The fraction of sp³-hybridized carbons (Fsp3) is 0.133. The van der Waals surface area contributed by atoms with Crippen LogP contribution < -0.4 is 11.1 Å². The zero-order valence-electron chi connectivity index (χ0n) is 11.2. The molecule has 108 valence electrons. The van der Waals surface area contributed by atoms with Crippen molar-refractivity contribution in [3.8, 4) is 11.8 Å². The van der Waals surface area contributed by atoms with Gasteiger partial charge in [0.25, 0.3) is 5.91 Å². The molecule has 0 saturated heterocycles. The highest BCUT2D eigenvalue weighted by Gasteiger charge is 2.15. The Kier molecular flexibility index (Phi) is 5.27. The van der Waals surface area contributed by atoms with Gasteiger partial charge in [-0.15, -0.1) is 11.3 Å². The van der Waals surface area contributed by atoms with Crippen LogP contribution in [0.1, 0.15) is 20.8 Å². The average Bonchev–Trinajstić information content (AvgIpc) is 2.79. The van der Waals surface area contributed by atoms with E-state index in [0.29, 0.717) is 26.2 Å². The molecule has 3 nitrogen and oxygen atoms in total. The van der Waals surface area contributed by atoms with Gasteiger partial charge in [-0.3, -0.25) is 4.79 Å². The van der Waals surface area contributed by atoms with E-state index in [4.69, 9.17) is 28.9 Å². The third-order valence-corrected chi connectivity index (χ3v) is 4.59. The molecule has 0 aliphatic rings. The first-order chi connectivity index (χ1) is 10.0. The van der Waals surface area contributed by atoms with E-state index in [1.807, 2.05) is 12.3 Å². The number of benzene rings is 1. The van der Waals surface area contributed by atoms with Crippen molar-refractivity contribution in [2.45, 2.75) is 6.92 Å². The number of amides is 1. The van der Waals surface area contributed by atoms with Crippen LogP contribution in [-0.2, 0) is 0 Å². The molecule has 0 fully saturated rings. The highest BCUT2D eigenvalue weighted by Crippen LogP contribution is 2.28. The molecule has 0 aliphatic carbocycles. The highest BCUT2D eigenvalue weighted by molar-refractivity contribution is 7.13. The fourth-order valence-electron chi connectivity index (χ4n) is 1.64. The second-order valence-electron chi connectivity index (χ2n) is 4.21. The van der Waals surface area contributed by atoms with Crippen LogP contribution in [0.3, 0.4) is 0 Å². The van der Waals surface area contributed by atoms with Gasteiger partial charge in [-0.05, 0) is 36.1 Å². The van der Waals surface area contributed by atoms with Crippen molar-refractivity contribution in [2.24, 2.45) is 5.73 Å². The van der Waals surface area contributed by atoms with Gasteiger partial charge in [-0.2, -0.15) is 0 Å². The van der Waals surface area contributed by atoms with Crippen molar-refractivity contribution in [1.29, 1.82) is 0 Å². The van der Waals surface area contributed by atoms with Crippen LogP contribution in [0, 0.1) is 18.8 Å². The molecule has 6 heteroatoms. The van der Waals surface area contributed by atoms with Crippen LogP contribution in [-0.4, -0.2) is 12.5 Å². The zero-order chi connectivity index (χ0) is 15.4. The van der Waals surface area contributed by atoms with E-state index in [9.17, 15) is 4.79 Å². The van der Waals surface area contributed by atoms with Gasteiger partial charge in [-0.1, -0.05) is 35.0 Å². The van der Waals surface area contributed by atoms with Gasteiger partial charge in [0.15, 0.2) is 0 Å². The van der Waals surface area contributed by atoms with E-state index in [0.717, 1.165) is 5.56 Å². The van der Waals surface area contributed by atoms with Crippen LogP contribution >= 0.6 is 34.5 Å². The topological polar surface area (TPSA) is 55.1 Å². The van der Waals surface area contributed by atoms with Crippen LogP contribution in [0.4, 0.5) is 5.69 Å². The maximum absolute atomic E-state index is 12.3. The monoisotopic (exact) mass is 338 g/mol. The third-order valence-electron chi connectivity index (χ3n) is 2.66. The molecule has 0 saturated carbocycles. The molecule has 0 aliphatic heterocycles. The van der Waals surface area contributed by atoms with Gasteiger partial charge in [0, 0.05) is 10.6 Å². The Morgan fingerprint density at radius 3 is 2.81 bits per heavy atom. The molecule has 3 N–H and O–H groups in total. The van der Waals surface area contributed by atoms with Gasteiger partial charge in [-0.25, -0.2) is 0 Å². The van der Waals surface area contributed by atoms with E-state index >= 15 is 0 Å². The molecule has 0 radical (unpaired) electrons. The normalized spacial score (nSPS) is 9.90. The molecule has 0 bridgehead atoms. The molecule has 0 spiro atoms. The van der Waals surface area contributed by atoms with Crippen molar-refractivity contribution >= 4 is 46.1 Å². The number of hydrogen-bond acceptors (Lipinski definition) is 3. The summed E-state index contributed by atoms with van der Waals surface area (Å²) in [6, 6.07) is 5.07. The maximum atomic E-state index is 12.3. The molecule has 21 heavy (non-hydrogen) atoms. The summed E-state index contributed by atoms with van der Waals surface area (Å²) in [5.41, 5.74) is 7.44. The predicted molar refractivity (Wildman–Crippen MR) is 89.4 cm³/mol. The zero-order valence-corrected chi connectivity index (χ0v) is 13.5. The molecular weight excluding hydrogens is 327 g/mol. The molecule has 0 atom stereocenters. The Bertz CT molecular complexity index is 744. The van der Waals surface area contributed by atoms with Crippen molar-refractivity contribution in [3.63, 3.8) is 0 Å². The SMILES string of the molecule is Cc1csc(C(=O)Nc2ccc(Cl)cc2C#CCN)c1Cl. The summed E-state index contributed by atoms with van der Waals surface area (Å²) in [6.07, 6.45) is 0. The minimum atomic E-state index is -0.267. The molecule has 1 aromatic carbocycles. The van der Waals surface area contributed by atoms with Crippen molar-refractivity contribution in [2.75, 3.05) is 11.9 Å². The second kappa shape index (κ2) is 6.97. The highest BCUT2D eigenvalue weighted by atomic mass is 35.5. The number of carbonyl (C=O) groups excluding carboxylic acids is 1. The number of halogens is 2. The van der Waals surface area contributed by atoms with E-state index in [-0.39, 0.29) is 12.5 Å². The predicted octanol–water partition coefficient (Wildman–Crippen LogP) is 3.93. The smallest absolute Gasteiger partial charge is 0.267 e. The van der Waals surface area contributed by atoms with E-state index in [1.165, 1.54) is 11.3 Å². The van der Waals surface area contributed by atoms with Gasteiger partial charge < -0.3 is 11.1 Å². The molecule has 1 heterocycles. The second-order valence-corrected chi connectivity index (χ2v) is 5.91. The summed E-state index contributed by atoms with van der Waals surface area (Å²) < 4.78 is 0. The van der Waals surface area contributed by atoms with Crippen molar-refractivity contribution < 1.29 is 4.79 Å². The van der Waals surface area contributed by atoms with Crippen LogP contribution in [0.15, 0.2) is 23.6 Å². The van der Waals surface area contributed by atoms with E-state index < -0.39 is 0 Å². The summed E-state index contributed by atoms with van der Waals surface area (Å²) in [5, 5.41) is 5.66. The Balaban J connectivity index is 2.31. The van der Waals surface area contributed by atoms with Gasteiger partial charge >= 0.3 is 0 Å². The van der Waals surface area contributed by atoms with Gasteiger partial charge in [0.2, 0.25) is 0 Å². The van der Waals surface area contributed by atoms with Crippen LogP contribution in [0.25, 0.3) is 0 Å². The maximum Gasteiger partial charge on any atom is 0.267 e. The van der Waals surface area contributed by atoms with Crippen LogP contribution in [0.2, 0.25) is 10.0 Å². The molecule has 1 aromatic heterocycles. The van der Waals surface area contributed by atoms with E-state index in [1.54, 1.807) is 18.2 Å². The Labute approximate surface area is 137 Å². The summed E-state index contributed by atoms with van der Waals surface area (Å²) in [5.74, 6) is 5.36. The first-order valence-corrected chi connectivity index (χ1v) is 7.70. The third kappa shape index (κ3) is 3.78. The van der Waals surface area contributed by atoms with Gasteiger partial charge in [0.1, 0.15) is 4.88 Å². The number of carbonyl (C=O) groups is 1. The first-order valence-electron chi connectivity index (χ1n) is 6.06. The molecule has 1 amide bonds. The number of anilines is 1. The molecule has 0 unspecified atom stereocenters. The van der Waals surface area contributed by atoms with Crippen molar-refractivity contribution in [3.05, 3.63) is 49.6 Å². The van der Waals surface area contributed by atoms with Crippen molar-refractivity contribution in [1.82, 2.24) is 0 Å². The number of nitrogens with two attached hydrogens (primary N) is 1. The van der Waals surface area contributed by atoms with Crippen LogP contribution in [0.5, 0.6) is 0 Å². The molecule has 2 rings (SSSR count). The quantitative estimate of drug-likeness (QED) is 0.815. The molecule has 2 aromatic rings. The largest absolute Gasteiger partial charge is 0.320 e. The number of aryl methyl sites for hydroxylation is 1. The lowest BCUT2D eigenvalue weighted by atomic mass is 10.1.